The number of benzene rings is 2. The van der Waals surface area contributed by atoms with Crippen LogP contribution in [0.15, 0.2) is 64.4 Å². The monoisotopic (exact) mass is 332 g/mol. The first-order valence-corrected chi connectivity index (χ1v) is 9.28. The van der Waals surface area contributed by atoms with Crippen molar-refractivity contribution in [2.75, 3.05) is 17.3 Å². The molecular formula is C17H20N2OS2. The summed E-state index contributed by atoms with van der Waals surface area (Å²) in [5.74, 6) is 0.686. The zero-order valence-electron chi connectivity index (χ0n) is 12.5. The number of hydrogen-bond donors (Lipinski definition) is 2. The van der Waals surface area contributed by atoms with Crippen molar-refractivity contribution < 1.29 is 4.79 Å². The van der Waals surface area contributed by atoms with Gasteiger partial charge in [0.1, 0.15) is 0 Å². The van der Waals surface area contributed by atoms with E-state index in [4.69, 9.17) is 5.73 Å². The number of carbonyl (C=O) groups is 1. The highest BCUT2D eigenvalue weighted by molar-refractivity contribution is 7.99. The van der Waals surface area contributed by atoms with E-state index >= 15 is 0 Å². The molecule has 0 aliphatic heterocycles. The van der Waals surface area contributed by atoms with Crippen LogP contribution in [0, 0.1) is 0 Å². The fraction of sp³-hybridized carbons (Fsp3) is 0.235. The zero-order valence-corrected chi connectivity index (χ0v) is 14.1. The standard InChI is InChI=1S/C17H20N2OS2/c1-21-14-8-5-9-15(12-14)22-11-10-16(18)17(20)19-13-6-3-2-4-7-13/h2-9,12,16H,10-11,18H2,1H3,(H,19,20). The predicted molar refractivity (Wildman–Crippen MR) is 96.6 cm³/mol. The smallest absolute Gasteiger partial charge is 0.241 e. The SMILES string of the molecule is CSc1cccc(SCCC(N)C(=O)Nc2ccccc2)c1. The van der Waals surface area contributed by atoms with Crippen molar-refractivity contribution in [2.24, 2.45) is 5.73 Å². The van der Waals surface area contributed by atoms with E-state index in [0.29, 0.717) is 6.42 Å². The molecule has 0 aromatic heterocycles. The van der Waals surface area contributed by atoms with Crippen LogP contribution in [0.3, 0.4) is 0 Å². The number of nitrogens with one attached hydrogen (secondary N) is 1. The minimum absolute atomic E-state index is 0.135. The molecule has 2 aromatic rings. The fourth-order valence-corrected chi connectivity index (χ4v) is 3.41. The first kappa shape index (κ1) is 16.9. The third-order valence-corrected chi connectivity index (χ3v) is 4.87. The number of amides is 1. The Bertz CT molecular complexity index is 605. The van der Waals surface area contributed by atoms with Crippen LogP contribution < -0.4 is 11.1 Å². The largest absolute Gasteiger partial charge is 0.325 e. The highest BCUT2D eigenvalue weighted by atomic mass is 32.2. The van der Waals surface area contributed by atoms with Crippen LogP contribution in [0.4, 0.5) is 5.69 Å². The van der Waals surface area contributed by atoms with E-state index < -0.39 is 6.04 Å². The third kappa shape index (κ3) is 5.40. The Morgan fingerprint density at radius 3 is 2.59 bits per heavy atom. The minimum atomic E-state index is -0.489. The zero-order chi connectivity index (χ0) is 15.8. The molecule has 3 N–H and O–H groups in total. The summed E-state index contributed by atoms with van der Waals surface area (Å²) in [5.41, 5.74) is 6.74. The number of anilines is 1. The highest BCUT2D eigenvalue weighted by Gasteiger charge is 2.13. The van der Waals surface area contributed by atoms with Crippen molar-refractivity contribution in [1.29, 1.82) is 0 Å². The van der Waals surface area contributed by atoms with Gasteiger partial charge in [0.25, 0.3) is 0 Å². The topological polar surface area (TPSA) is 55.1 Å². The van der Waals surface area contributed by atoms with Gasteiger partial charge in [-0.1, -0.05) is 24.3 Å². The van der Waals surface area contributed by atoms with Gasteiger partial charge >= 0.3 is 0 Å². The molecule has 5 heteroatoms. The molecule has 1 unspecified atom stereocenters. The number of hydrogen-bond acceptors (Lipinski definition) is 4. The maximum atomic E-state index is 12.0. The van der Waals surface area contributed by atoms with Crippen molar-refractivity contribution in [2.45, 2.75) is 22.3 Å². The van der Waals surface area contributed by atoms with E-state index in [0.717, 1.165) is 11.4 Å². The van der Waals surface area contributed by atoms with Crippen molar-refractivity contribution in [1.82, 2.24) is 0 Å². The van der Waals surface area contributed by atoms with Crippen LogP contribution in [0.1, 0.15) is 6.42 Å². The molecule has 2 rings (SSSR count). The van der Waals surface area contributed by atoms with E-state index in [1.54, 1.807) is 23.5 Å². The second kappa shape index (κ2) is 8.88. The van der Waals surface area contributed by atoms with Gasteiger partial charge in [0, 0.05) is 15.5 Å². The molecule has 1 atom stereocenters. The lowest BCUT2D eigenvalue weighted by atomic mass is 10.2. The summed E-state index contributed by atoms with van der Waals surface area (Å²) in [5, 5.41) is 2.83. The Kier molecular flexibility index (Phi) is 6.83. The molecule has 22 heavy (non-hydrogen) atoms. The molecular weight excluding hydrogens is 312 g/mol. The first-order chi connectivity index (χ1) is 10.7. The van der Waals surface area contributed by atoms with Gasteiger partial charge in [0.2, 0.25) is 5.91 Å². The molecule has 0 saturated heterocycles. The Labute approximate surface area is 140 Å². The van der Waals surface area contributed by atoms with Gasteiger partial charge in [-0.15, -0.1) is 23.5 Å². The number of para-hydroxylation sites is 1. The van der Waals surface area contributed by atoms with E-state index in [1.165, 1.54) is 9.79 Å². The summed E-state index contributed by atoms with van der Waals surface area (Å²) in [6.45, 7) is 0. The maximum absolute atomic E-state index is 12.0. The second-order valence-electron chi connectivity index (χ2n) is 4.78. The molecule has 1 amide bonds. The van der Waals surface area contributed by atoms with E-state index in [9.17, 15) is 4.79 Å². The summed E-state index contributed by atoms with van der Waals surface area (Å²) in [6.07, 6.45) is 2.71. The van der Waals surface area contributed by atoms with Gasteiger partial charge < -0.3 is 11.1 Å². The average Bonchev–Trinajstić information content (AvgIpc) is 2.56. The molecule has 3 nitrogen and oxygen atoms in total. The summed E-state index contributed by atoms with van der Waals surface area (Å²) in [6, 6.07) is 17.3. The van der Waals surface area contributed by atoms with Crippen LogP contribution in [-0.2, 0) is 4.79 Å². The third-order valence-electron chi connectivity index (χ3n) is 3.12. The second-order valence-corrected chi connectivity index (χ2v) is 6.83. The quantitative estimate of drug-likeness (QED) is 0.756. The van der Waals surface area contributed by atoms with Crippen LogP contribution in [0.2, 0.25) is 0 Å². The Balaban J connectivity index is 1.77. The molecule has 0 aliphatic carbocycles. The van der Waals surface area contributed by atoms with Gasteiger partial charge in [0.15, 0.2) is 0 Å². The van der Waals surface area contributed by atoms with Gasteiger partial charge in [-0.2, -0.15) is 0 Å². The lowest BCUT2D eigenvalue weighted by Gasteiger charge is -2.12. The van der Waals surface area contributed by atoms with Crippen LogP contribution in [-0.4, -0.2) is 24.0 Å². The predicted octanol–water partition coefficient (Wildman–Crippen LogP) is 3.86. The van der Waals surface area contributed by atoms with Crippen LogP contribution in [0.5, 0.6) is 0 Å². The molecule has 0 saturated carbocycles. The molecule has 0 bridgehead atoms. The van der Waals surface area contributed by atoms with Crippen molar-refractivity contribution in [3.05, 3.63) is 54.6 Å². The fourth-order valence-electron chi connectivity index (χ4n) is 1.88. The van der Waals surface area contributed by atoms with Crippen molar-refractivity contribution >= 4 is 35.1 Å². The lowest BCUT2D eigenvalue weighted by molar-refractivity contribution is -0.117. The Hall–Kier alpha value is -1.43. The van der Waals surface area contributed by atoms with Gasteiger partial charge in [-0.05, 0) is 48.8 Å². The average molecular weight is 332 g/mol. The van der Waals surface area contributed by atoms with Crippen molar-refractivity contribution in [3.63, 3.8) is 0 Å². The molecule has 0 spiro atoms. The van der Waals surface area contributed by atoms with Gasteiger partial charge in [-0.3, -0.25) is 4.79 Å². The number of carbonyl (C=O) groups excluding carboxylic acids is 1. The summed E-state index contributed by atoms with van der Waals surface area (Å²) in [4.78, 5) is 14.5. The van der Waals surface area contributed by atoms with E-state index in [-0.39, 0.29) is 5.91 Å². The highest BCUT2D eigenvalue weighted by Crippen LogP contribution is 2.24. The maximum Gasteiger partial charge on any atom is 0.241 e. The van der Waals surface area contributed by atoms with Crippen molar-refractivity contribution in [3.8, 4) is 0 Å². The summed E-state index contributed by atoms with van der Waals surface area (Å²) >= 11 is 3.46. The molecule has 0 aliphatic rings. The lowest BCUT2D eigenvalue weighted by Crippen LogP contribution is -2.36. The summed E-state index contributed by atoms with van der Waals surface area (Å²) in [7, 11) is 0. The van der Waals surface area contributed by atoms with Gasteiger partial charge in [0.05, 0.1) is 6.04 Å². The number of nitrogens with two attached hydrogens (primary N) is 1. The number of rotatable bonds is 7. The molecule has 0 fully saturated rings. The first-order valence-electron chi connectivity index (χ1n) is 7.07. The molecule has 2 aromatic carbocycles. The van der Waals surface area contributed by atoms with Crippen LogP contribution >= 0.6 is 23.5 Å². The molecule has 0 heterocycles. The van der Waals surface area contributed by atoms with E-state index in [1.807, 2.05) is 30.3 Å². The summed E-state index contributed by atoms with van der Waals surface area (Å²) < 4.78 is 0. The molecule has 116 valence electrons. The Morgan fingerprint density at radius 2 is 1.86 bits per heavy atom. The van der Waals surface area contributed by atoms with Crippen LogP contribution in [0.25, 0.3) is 0 Å². The molecule has 0 radical (unpaired) electrons. The number of thioether (sulfide) groups is 2. The normalized spacial score (nSPS) is 11.9. The van der Waals surface area contributed by atoms with Gasteiger partial charge in [-0.25, -0.2) is 0 Å². The van der Waals surface area contributed by atoms with E-state index in [2.05, 4.69) is 35.8 Å². The Morgan fingerprint density at radius 1 is 1.14 bits per heavy atom. The minimum Gasteiger partial charge on any atom is -0.325 e.